The number of hydrogen-bond acceptors (Lipinski definition) is 2. The SMILES string of the molecule is COCC(NCc1cc(F)ccc1Cl)C(C)C. The van der Waals surface area contributed by atoms with E-state index in [4.69, 9.17) is 16.3 Å². The summed E-state index contributed by atoms with van der Waals surface area (Å²) in [5.41, 5.74) is 0.772. The van der Waals surface area contributed by atoms with Crippen molar-refractivity contribution < 1.29 is 9.13 Å². The molecule has 0 saturated carbocycles. The third-order valence-electron chi connectivity index (χ3n) is 2.71. The van der Waals surface area contributed by atoms with Gasteiger partial charge in [0.15, 0.2) is 0 Å². The summed E-state index contributed by atoms with van der Waals surface area (Å²) < 4.78 is 18.2. The van der Waals surface area contributed by atoms with Crippen LogP contribution in [0.25, 0.3) is 0 Å². The number of methoxy groups -OCH3 is 1. The molecule has 0 radical (unpaired) electrons. The summed E-state index contributed by atoms with van der Waals surface area (Å²) in [6.07, 6.45) is 0. The maximum absolute atomic E-state index is 13.1. The van der Waals surface area contributed by atoms with E-state index >= 15 is 0 Å². The van der Waals surface area contributed by atoms with Gasteiger partial charge >= 0.3 is 0 Å². The second kappa shape index (κ2) is 6.94. The molecule has 0 aliphatic heterocycles. The van der Waals surface area contributed by atoms with Gasteiger partial charge in [0.1, 0.15) is 5.82 Å². The van der Waals surface area contributed by atoms with Crippen LogP contribution in [0.15, 0.2) is 18.2 Å². The van der Waals surface area contributed by atoms with E-state index < -0.39 is 0 Å². The van der Waals surface area contributed by atoms with Crippen LogP contribution in [0.1, 0.15) is 19.4 Å². The van der Waals surface area contributed by atoms with E-state index in [2.05, 4.69) is 19.2 Å². The van der Waals surface area contributed by atoms with Crippen molar-refractivity contribution in [2.24, 2.45) is 5.92 Å². The summed E-state index contributed by atoms with van der Waals surface area (Å²) in [5.74, 6) is 0.182. The van der Waals surface area contributed by atoms with Gasteiger partial charge in [0, 0.05) is 24.7 Å². The summed E-state index contributed by atoms with van der Waals surface area (Å²) in [6.45, 7) is 5.40. The van der Waals surface area contributed by atoms with E-state index in [9.17, 15) is 4.39 Å². The van der Waals surface area contributed by atoms with Crippen molar-refractivity contribution in [3.63, 3.8) is 0 Å². The highest BCUT2D eigenvalue weighted by molar-refractivity contribution is 6.31. The molecule has 2 nitrogen and oxygen atoms in total. The summed E-state index contributed by atoms with van der Waals surface area (Å²) in [4.78, 5) is 0. The van der Waals surface area contributed by atoms with Crippen LogP contribution in [0.3, 0.4) is 0 Å². The van der Waals surface area contributed by atoms with Gasteiger partial charge in [-0.15, -0.1) is 0 Å². The third kappa shape index (κ3) is 4.62. The molecule has 0 fully saturated rings. The fraction of sp³-hybridized carbons (Fsp3) is 0.538. The molecule has 96 valence electrons. The van der Waals surface area contributed by atoms with Crippen LogP contribution in [-0.2, 0) is 11.3 Å². The Balaban J connectivity index is 2.61. The molecule has 1 rings (SSSR count). The molecule has 1 atom stereocenters. The van der Waals surface area contributed by atoms with E-state index in [-0.39, 0.29) is 11.9 Å². The van der Waals surface area contributed by atoms with Gasteiger partial charge in [-0.25, -0.2) is 4.39 Å². The maximum atomic E-state index is 13.1. The van der Waals surface area contributed by atoms with Gasteiger partial charge in [-0.05, 0) is 29.7 Å². The second-order valence-electron chi connectivity index (χ2n) is 4.42. The lowest BCUT2D eigenvalue weighted by atomic mass is 10.0. The Labute approximate surface area is 107 Å². The first kappa shape index (κ1) is 14.4. The Hall–Kier alpha value is -0.640. The molecule has 0 aromatic heterocycles. The van der Waals surface area contributed by atoms with Crippen molar-refractivity contribution in [3.05, 3.63) is 34.6 Å². The number of nitrogens with one attached hydrogen (secondary N) is 1. The number of benzene rings is 1. The highest BCUT2D eigenvalue weighted by Crippen LogP contribution is 2.17. The molecule has 0 aliphatic rings. The molecule has 4 heteroatoms. The third-order valence-corrected chi connectivity index (χ3v) is 3.08. The van der Waals surface area contributed by atoms with Crippen molar-refractivity contribution in [3.8, 4) is 0 Å². The molecule has 0 saturated heterocycles. The molecule has 0 amide bonds. The van der Waals surface area contributed by atoms with Crippen LogP contribution in [0.2, 0.25) is 5.02 Å². The summed E-state index contributed by atoms with van der Waals surface area (Å²) in [5, 5.41) is 3.91. The largest absolute Gasteiger partial charge is 0.383 e. The summed E-state index contributed by atoms with van der Waals surface area (Å²) in [7, 11) is 1.67. The summed E-state index contributed by atoms with van der Waals surface area (Å²) >= 11 is 6.00. The molecule has 0 heterocycles. The molecule has 1 aromatic carbocycles. The van der Waals surface area contributed by atoms with E-state index in [1.807, 2.05) is 0 Å². The fourth-order valence-corrected chi connectivity index (χ4v) is 1.77. The lowest BCUT2D eigenvalue weighted by Gasteiger charge is -2.21. The van der Waals surface area contributed by atoms with Crippen LogP contribution in [0.5, 0.6) is 0 Å². The molecule has 0 aliphatic carbocycles. The van der Waals surface area contributed by atoms with Crippen molar-refractivity contribution in [1.29, 1.82) is 0 Å². The first-order valence-electron chi connectivity index (χ1n) is 5.70. The van der Waals surface area contributed by atoms with Gasteiger partial charge in [0.2, 0.25) is 0 Å². The lowest BCUT2D eigenvalue weighted by Crippen LogP contribution is -2.37. The zero-order chi connectivity index (χ0) is 12.8. The van der Waals surface area contributed by atoms with Gasteiger partial charge in [-0.2, -0.15) is 0 Å². The van der Waals surface area contributed by atoms with Crippen LogP contribution < -0.4 is 5.32 Å². The van der Waals surface area contributed by atoms with Crippen LogP contribution in [0.4, 0.5) is 4.39 Å². The summed E-state index contributed by atoms with van der Waals surface area (Å²) in [6, 6.07) is 4.63. The molecule has 0 spiro atoms. The van der Waals surface area contributed by atoms with E-state index in [1.165, 1.54) is 12.1 Å². The minimum atomic E-state index is -0.265. The van der Waals surface area contributed by atoms with Crippen LogP contribution in [0, 0.1) is 11.7 Å². The van der Waals surface area contributed by atoms with Gasteiger partial charge in [-0.3, -0.25) is 0 Å². The molecule has 1 aromatic rings. The van der Waals surface area contributed by atoms with Gasteiger partial charge < -0.3 is 10.1 Å². The molecule has 1 unspecified atom stereocenters. The van der Waals surface area contributed by atoms with Gasteiger partial charge in [0.25, 0.3) is 0 Å². The molecule has 17 heavy (non-hydrogen) atoms. The predicted octanol–water partition coefficient (Wildman–Crippen LogP) is 3.24. The minimum absolute atomic E-state index is 0.235. The minimum Gasteiger partial charge on any atom is -0.383 e. The molecule has 0 bridgehead atoms. The van der Waals surface area contributed by atoms with E-state index in [1.54, 1.807) is 13.2 Å². The molecular formula is C13H19ClFNO. The Morgan fingerprint density at radius 1 is 1.41 bits per heavy atom. The van der Waals surface area contributed by atoms with Crippen molar-refractivity contribution in [1.82, 2.24) is 5.32 Å². The Morgan fingerprint density at radius 3 is 2.71 bits per heavy atom. The Kier molecular flexibility index (Phi) is 5.89. The average Bonchev–Trinajstić information content (AvgIpc) is 2.28. The standard InChI is InChI=1S/C13H19ClFNO/c1-9(2)13(8-17-3)16-7-10-6-11(15)4-5-12(10)14/h4-6,9,13,16H,7-8H2,1-3H3. The predicted molar refractivity (Wildman–Crippen MR) is 68.8 cm³/mol. The topological polar surface area (TPSA) is 21.3 Å². The molecule has 1 N–H and O–H groups in total. The van der Waals surface area contributed by atoms with Crippen molar-refractivity contribution in [2.45, 2.75) is 26.4 Å². The lowest BCUT2D eigenvalue weighted by molar-refractivity contribution is 0.146. The maximum Gasteiger partial charge on any atom is 0.123 e. The Morgan fingerprint density at radius 2 is 2.12 bits per heavy atom. The first-order valence-corrected chi connectivity index (χ1v) is 6.08. The van der Waals surface area contributed by atoms with E-state index in [0.29, 0.717) is 24.1 Å². The monoisotopic (exact) mass is 259 g/mol. The number of halogens is 2. The number of hydrogen-bond donors (Lipinski definition) is 1. The Bertz CT molecular complexity index is 357. The van der Waals surface area contributed by atoms with Gasteiger partial charge in [-0.1, -0.05) is 25.4 Å². The average molecular weight is 260 g/mol. The zero-order valence-electron chi connectivity index (χ0n) is 10.5. The first-order chi connectivity index (χ1) is 8.04. The van der Waals surface area contributed by atoms with Crippen LogP contribution in [-0.4, -0.2) is 19.8 Å². The zero-order valence-corrected chi connectivity index (χ0v) is 11.2. The quantitative estimate of drug-likeness (QED) is 0.847. The molecular weight excluding hydrogens is 241 g/mol. The highest BCUT2D eigenvalue weighted by atomic mass is 35.5. The fourth-order valence-electron chi connectivity index (χ4n) is 1.59. The van der Waals surface area contributed by atoms with Crippen LogP contribution >= 0.6 is 11.6 Å². The van der Waals surface area contributed by atoms with Crippen molar-refractivity contribution in [2.75, 3.05) is 13.7 Å². The van der Waals surface area contributed by atoms with Crippen molar-refractivity contribution >= 4 is 11.6 Å². The second-order valence-corrected chi connectivity index (χ2v) is 4.83. The number of ether oxygens (including phenoxy) is 1. The number of rotatable bonds is 6. The normalized spacial score (nSPS) is 13.1. The van der Waals surface area contributed by atoms with E-state index in [0.717, 1.165) is 5.56 Å². The highest BCUT2D eigenvalue weighted by Gasteiger charge is 2.13. The van der Waals surface area contributed by atoms with Gasteiger partial charge in [0.05, 0.1) is 6.61 Å². The smallest absolute Gasteiger partial charge is 0.123 e.